The molecule has 0 aliphatic carbocycles. The van der Waals surface area contributed by atoms with Gasteiger partial charge in [-0.25, -0.2) is 13.2 Å². The number of amides is 1. The average molecular weight is 465 g/mol. The van der Waals surface area contributed by atoms with E-state index in [0.717, 1.165) is 16.0 Å². The van der Waals surface area contributed by atoms with E-state index in [-0.39, 0.29) is 17.4 Å². The fourth-order valence-electron chi connectivity index (χ4n) is 3.55. The molecule has 1 aromatic carbocycles. The molecule has 30 heavy (non-hydrogen) atoms. The van der Waals surface area contributed by atoms with Crippen molar-refractivity contribution >= 4 is 59.7 Å². The number of benzene rings is 1. The number of hydrogen-bond donors (Lipinski definition) is 1. The molecule has 2 aromatic heterocycles. The van der Waals surface area contributed by atoms with Crippen LogP contribution in [0, 0.1) is 0 Å². The maximum Gasteiger partial charge on any atom is 0.341 e. The molecule has 0 radical (unpaired) electrons. The molecule has 1 aliphatic heterocycles. The number of fused-ring (bicyclic) bond motifs is 1. The van der Waals surface area contributed by atoms with E-state index < -0.39 is 27.9 Å². The number of anilines is 1. The molecule has 1 unspecified atom stereocenters. The Kier molecular flexibility index (Phi) is 5.92. The van der Waals surface area contributed by atoms with Crippen LogP contribution in [0.3, 0.4) is 0 Å². The molecule has 0 saturated carbocycles. The zero-order chi connectivity index (χ0) is 21.3. The molecule has 3 heterocycles. The van der Waals surface area contributed by atoms with E-state index in [0.29, 0.717) is 28.8 Å². The van der Waals surface area contributed by atoms with Crippen LogP contribution in [0.25, 0.3) is 10.1 Å². The van der Waals surface area contributed by atoms with Crippen molar-refractivity contribution in [2.24, 2.45) is 0 Å². The lowest BCUT2D eigenvalue weighted by Gasteiger charge is -2.22. The van der Waals surface area contributed by atoms with E-state index >= 15 is 0 Å². The van der Waals surface area contributed by atoms with Gasteiger partial charge in [-0.1, -0.05) is 24.3 Å². The SMILES string of the molecule is CCOC(=O)c1c(NC(=O)C2CCCN2S(=O)(=O)c2cccs2)sc2ccccc12. The second-order valence-corrected chi connectivity index (χ2v) is 10.8. The highest BCUT2D eigenvalue weighted by atomic mass is 32.2. The van der Waals surface area contributed by atoms with Crippen LogP contribution >= 0.6 is 22.7 Å². The van der Waals surface area contributed by atoms with Crippen LogP contribution < -0.4 is 5.32 Å². The van der Waals surface area contributed by atoms with E-state index in [1.165, 1.54) is 21.7 Å². The molecule has 10 heteroatoms. The Bertz CT molecular complexity index is 1180. The van der Waals surface area contributed by atoms with Gasteiger partial charge in [-0.3, -0.25) is 4.79 Å². The van der Waals surface area contributed by atoms with Crippen LogP contribution in [0.15, 0.2) is 46.0 Å². The van der Waals surface area contributed by atoms with E-state index in [1.807, 2.05) is 18.2 Å². The van der Waals surface area contributed by atoms with E-state index in [2.05, 4.69) is 5.32 Å². The second kappa shape index (κ2) is 8.46. The summed E-state index contributed by atoms with van der Waals surface area (Å²) < 4.78 is 33.4. The molecular formula is C20H20N2O5S3. The second-order valence-electron chi connectivity index (χ2n) is 6.72. The van der Waals surface area contributed by atoms with Gasteiger partial charge in [-0.2, -0.15) is 4.31 Å². The fraction of sp³-hybridized carbons (Fsp3) is 0.300. The van der Waals surface area contributed by atoms with Gasteiger partial charge in [0.2, 0.25) is 5.91 Å². The van der Waals surface area contributed by atoms with E-state index in [9.17, 15) is 18.0 Å². The van der Waals surface area contributed by atoms with Gasteiger partial charge >= 0.3 is 5.97 Å². The quantitative estimate of drug-likeness (QED) is 0.558. The molecule has 0 bridgehead atoms. The van der Waals surface area contributed by atoms with Gasteiger partial charge in [0.15, 0.2) is 0 Å². The van der Waals surface area contributed by atoms with Gasteiger partial charge in [-0.15, -0.1) is 22.7 Å². The predicted molar refractivity (Wildman–Crippen MR) is 118 cm³/mol. The first-order chi connectivity index (χ1) is 14.4. The maximum atomic E-state index is 13.1. The van der Waals surface area contributed by atoms with Crippen molar-refractivity contribution in [3.63, 3.8) is 0 Å². The summed E-state index contributed by atoms with van der Waals surface area (Å²) in [6.45, 7) is 2.22. The van der Waals surface area contributed by atoms with Crippen molar-refractivity contribution in [1.29, 1.82) is 0 Å². The van der Waals surface area contributed by atoms with Crippen molar-refractivity contribution < 1.29 is 22.7 Å². The smallest absolute Gasteiger partial charge is 0.341 e. The van der Waals surface area contributed by atoms with Gasteiger partial charge in [-0.05, 0) is 37.3 Å². The maximum absolute atomic E-state index is 13.1. The Labute approximate surface area is 182 Å². The lowest BCUT2D eigenvalue weighted by molar-refractivity contribution is -0.119. The number of hydrogen-bond acceptors (Lipinski definition) is 7. The topological polar surface area (TPSA) is 92.8 Å². The summed E-state index contributed by atoms with van der Waals surface area (Å²) in [5, 5.41) is 5.57. The standard InChI is InChI=1S/C20H20N2O5S3/c1-2-27-20(24)17-13-7-3-4-9-15(13)29-19(17)21-18(23)14-8-5-11-22(14)30(25,26)16-10-6-12-28-16/h3-4,6-7,9-10,12,14H,2,5,8,11H2,1H3,(H,21,23). The van der Waals surface area contributed by atoms with Crippen LogP contribution in [0.2, 0.25) is 0 Å². The van der Waals surface area contributed by atoms with Crippen LogP contribution in [0.5, 0.6) is 0 Å². The molecule has 1 aliphatic rings. The third-order valence-electron chi connectivity index (χ3n) is 4.88. The fourth-order valence-corrected chi connectivity index (χ4v) is 7.42. The molecule has 1 atom stereocenters. The first kappa shape index (κ1) is 21.0. The van der Waals surface area contributed by atoms with Crippen molar-refractivity contribution in [2.45, 2.75) is 30.0 Å². The summed E-state index contributed by atoms with van der Waals surface area (Å²) in [6, 6.07) is 9.72. The minimum Gasteiger partial charge on any atom is -0.462 e. The van der Waals surface area contributed by atoms with Gasteiger partial charge in [0.1, 0.15) is 20.8 Å². The van der Waals surface area contributed by atoms with Gasteiger partial charge < -0.3 is 10.1 Å². The van der Waals surface area contributed by atoms with Crippen LogP contribution in [-0.4, -0.2) is 43.8 Å². The normalized spacial score (nSPS) is 17.3. The van der Waals surface area contributed by atoms with Crippen molar-refractivity contribution in [3.8, 4) is 0 Å². The molecule has 1 saturated heterocycles. The first-order valence-electron chi connectivity index (χ1n) is 9.48. The number of carbonyl (C=O) groups is 2. The monoisotopic (exact) mass is 464 g/mol. The molecule has 158 valence electrons. The summed E-state index contributed by atoms with van der Waals surface area (Å²) in [7, 11) is -3.74. The van der Waals surface area contributed by atoms with E-state index in [1.54, 1.807) is 24.4 Å². The molecular weight excluding hydrogens is 444 g/mol. The summed E-state index contributed by atoms with van der Waals surface area (Å²) >= 11 is 2.40. The number of nitrogens with one attached hydrogen (secondary N) is 1. The van der Waals surface area contributed by atoms with Crippen LogP contribution in [-0.2, 0) is 19.6 Å². The van der Waals surface area contributed by atoms with Crippen molar-refractivity contribution in [3.05, 3.63) is 47.3 Å². The summed E-state index contributed by atoms with van der Waals surface area (Å²) in [5.74, 6) is -0.954. The molecule has 1 N–H and O–H groups in total. The molecule has 7 nitrogen and oxygen atoms in total. The van der Waals surface area contributed by atoms with Gasteiger partial charge in [0, 0.05) is 16.6 Å². The highest BCUT2D eigenvalue weighted by Gasteiger charge is 2.40. The number of nitrogens with zero attached hydrogens (tertiary/aromatic N) is 1. The molecule has 3 aromatic rings. The average Bonchev–Trinajstić information content (AvgIpc) is 3.46. The van der Waals surface area contributed by atoms with Crippen molar-refractivity contribution in [1.82, 2.24) is 4.31 Å². The van der Waals surface area contributed by atoms with E-state index in [4.69, 9.17) is 4.74 Å². The Hall–Kier alpha value is -2.27. The minimum atomic E-state index is -3.74. The Morgan fingerprint density at radius 2 is 2.03 bits per heavy atom. The van der Waals surface area contributed by atoms with Crippen molar-refractivity contribution in [2.75, 3.05) is 18.5 Å². The predicted octanol–water partition coefficient (Wildman–Crippen LogP) is 3.93. The number of rotatable bonds is 6. The van der Waals surface area contributed by atoms with Crippen LogP contribution in [0.1, 0.15) is 30.1 Å². The zero-order valence-electron chi connectivity index (χ0n) is 16.2. The highest BCUT2D eigenvalue weighted by Crippen LogP contribution is 2.37. The largest absolute Gasteiger partial charge is 0.462 e. The Morgan fingerprint density at radius 3 is 2.77 bits per heavy atom. The number of thiophene rings is 2. The Morgan fingerprint density at radius 1 is 1.23 bits per heavy atom. The molecule has 0 spiro atoms. The number of ether oxygens (including phenoxy) is 1. The Balaban J connectivity index is 1.65. The summed E-state index contributed by atoms with van der Waals surface area (Å²) in [6.07, 6.45) is 1.02. The third-order valence-corrected chi connectivity index (χ3v) is 9.24. The minimum absolute atomic E-state index is 0.214. The van der Waals surface area contributed by atoms with Gasteiger partial charge in [0.05, 0.1) is 6.61 Å². The summed E-state index contributed by atoms with van der Waals surface area (Å²) in [5.41, 5.74) is 0.302. The third kappa shape index (κ3) is 3.76. The van der Waals surface area contributed by atoms with Crippen LogP contribution in [0.4, 0.5) is 5.00 Å². The molecule has 1 fully saturated rings. The number of sulfonamides is 1. The van der Waals surface area contributed by atoms with Gasteiger partial charge in [0.25, 0.3) is 10.0 Å². The zero-order valence-corrected chi connectivity index (χ0v) is 18.6. The number of carbonyl (C=O) groups excluding carboxylic acids is 2. The molecule has 1 amide bonds. The lowest BCUT2D eigenvalue weighted by atomic mass is 10.1. The highest BCUT2D eigenvalue weighted by molar-refractivity contribution is 7.91. The first-order valence-corrected chi connectivity index (χ1v) is 12.6. The molecule has 4 rings (SSSR count). The number of esters is 1. The lowest BCUT2D eigenvalue weighted by Crippen LogP contribution is -2.42. The summed E-state index contributed by atoms with van der Waals surface area (Å²) in [4.78, 5) is 25.6.